The average molecular weight is 238 g/mol. The first-order valence-corrected chi connectivity index (χ1v) is 6.23. The molecular weight excluding hydrogens is 216 g/mol. The molecule has 0 spiro atoms. The molecule has 0 saturated heterocycles. The van der Waals surface area contributed by atoms with E-state index in [1.54, 1.807) is 6.20 Å². The molecule has 5 nitrogen and oxygen atoms in total. The van der Waals surface area contributed by atoms with Crippen molar-refractivity contribution >= 4 is 5.91 Å². The Balaban J connectivity index is 2.08. The molecule has 0 aliphatic heterocycles. The zero-order valence-electron chi connectivity index (χ0n) is 10.7. The standard InChI is InChI=1S/C12H22N4O/c1-3-16(4-2)9-5-7-13-12(17)10-11-6-8-14-15-11/h6,8H,3-5,7,9-10H2,1-2H3,(H,13,17)(H,14,15). The van der Waals surface area contributed by atoms with Crippen molar-refractivity contribution < 1.29 is 4.79 Å². The van der Waals surface area contributed by atoms with Crippen LogP contribution in [-0.2, 0) is 11.2 Å². The molecule has 0 bridgehead atoms. The maximum absolute atomic E-state index is 11.5. The molecule has 0 aliphatic carbocycles. The molecule has 96 valence electrons. The second-order valence-corrected chi connectivity index (χ2v) is 3.99. The number of carbonyl (C=O) groups excluding carboxylic acids is 1. The van der Waals surface area contributed by atoms with Crippen molar-refractivity contribution in [3.8, 4) is 0 Å². The first-order valence-electron chi connectivity index (χ1n) is 6.23. The van der Waals surface area contributed by atoms with Gasteiger partial charge in [-0.15, -0.1) is 0 Å². The fourth-order valence-electron chi connectivity index (χ4n) is 1.69. The predicted molar refractivity (Wildman–Crippen MR) is 67.7 cm³/mol. The van der Waals surface area contributed by atoms with Crippen LogP contribution in [0, 0.1) is 0 Å². The Morgan fingerprint density at radius 3 is 2.82 bits per heavy atom. The highest BCUT2D eigenvalue weighted by Crippen LogP contribution is 1.93. The molecule has 1 aromatic rings. The van der Waals surface area contributed by atoms with Crippen LogP contribution in [0.25, 0.3) is 0 Å². The van der Waals surface area contributed by atoms with E-state index in [1.807, 2.05) is 6.07 Å². The van der Waals surface area contributed by atoms with Crippen LogP contribution in [0.4, 0.5) is 0 Å². The summed E-state index contributed by atoms with van der Waals surface area (Å²) < 4.78 is 0. The third-order valence-corrected chi connectivity index (χ3v) is 2.78. The highest BCUT2D eigenvalue weighted by molar-refractivity contribution is 5.77. The smallest absolute Gasteiger partial charge is 0.225 e. The molecule has 2 N–H and O–H groups in total. The molecule has 0 radical (unpaired) electrons. The van der Waals surface area contributed by atoms with E-state index in [-0.39, 0.29) is 5.91 Å². The van der Waals surface area contributed by atoms with Gasteiger partial charge in [-0.05, 0) is 32.1 Å². The van der Waals surface area contributed by atoms with E-state index >= 15 is 0 Å². The SMILES string of the molecule is CCN(CC)CCCNC(=O)Cc1ccn[nH]1. The van der Waals surface area contributed by atoms with E-state index in [1.165, 1.54) is 0 Å². The third-order valence-electron chi connectivity index (χ3n) is 2.78. The number of amides is 1. The topological polar surface area (TPSA) is 61.0 Å². The normalized spacial score (nSPS) is 10.8. The largest absolute Gasteiger partial charge is 0.356 e. The Kier molecular flexibility index (Phi) is 6.32. The maximum Gasteiger partial charge on any atom is 0.225 e. The zero-order valence-corrected chi connectivity index (χ0v) is 10.7. The van der Waals surface area contributed by atoms with E-state index in [4.69, 9.17) is 0 Å². The van der Waals surface area contributed by atoms with Crippen LogP contribution < -0.4 is 5.32 Å². The van der Waals surface area contributed by atoms with Crippen molar-refractivity contribution in [3.05, 3.63) is 18.0 Å². The van der Waals surface area contributed by atoms with Crippen molar-refractivity contribution in [2.24, 2.45) is 0 Å². The lowest BCUT2D eigenvalue weighted by Crippen LogP contribution is -2.30. The molecule has 0 aliphatic rings. The number of hydrogen-bond acceptors (Lipinski definition) is 3. The summed E-state index contributed by atoms with van der Waals surface area (Å²) >= 11 is 0. The lowest BCUT2D eigenvalue weighted by atomic mass is 10.3. The predicted octanol–water partition coefficient (Wildman–Crippen LogP) is 0.800. The van der Waals surface area contributed by atoms with Crippen LogP contribution in [0.1, 0.15) is 26.0 Å². The second-order valence-electron chi connectivity index (χ2n) is 3.99. The lowest BCUT2D eigenvalue weighted by Gasteiger charge is -2.17. The average Bonchev–Trinajstić information content (AvgIpc) is 2.82. The number of H-pyrrole nitrogens is 1. The van der Waals surface area contributed by atoms with Gasteiger partial charge in [0.2, 0.25) is 5.91 Å². The van der Waals surface area contributed by atoms with Crippen molar-refractivity contribution in [1.29, 1.82) is 0 Å². The minimum absolute atomic E-state index is 0.0498. The monoisotopic (exact) mass is 238 g/mol. The first-order chi connectivity index (χ1) is 8.26. The summed E-state index contributed by atoms with van der Waals surface area (Å²) in [4.78, 5) is 13.9. The maximum atomic E-state index is 11.5. The quantitative estimate of drug-likeness (QED) is 0.659. The third kappa shape index (κ3) is 5.49. The molecule has 0 fully saturated rings. The summed E-state index contributed by atoms with van der Waals surface area (Å²) in [6, 6.07) is 1.81. The lowest BCUT2D eigenvalue weighted by molar-refractivity contribution is -0.120. The van der Waals surface area contributed by atoms with Gasteiger partial charge in [-0.25, -0.2) is 0 Å². The molecule has 1 rings (SSSR count). The number of nitrogens with zero attached hydrogens (tertiary/aromatic N) is 2. The molecule has 1 heterocycles. The van der Waals surface area contributed by atoms with E-state index in [2.05, 4.69) is 34.3 Å². The van der Waals surface area contributed by atoms with Gasteiger partial charge in [0.25, 0.3) is 0 Å². The Bertz CT molecular complexity index is 306. The van der Waals surface area contributed by atoms with Crippen LogP contribution in [0.15, 0.2) is 12.3 Å². The molecule has 0 unspecified atom stereocenters. The molecule has 1 amide bonds. The minimum Gasteiger partial charge on any atom is -0.356 e. The van der Waals surface area contributed by atoms with Gasteiger partial charge in [-0.3, -0.25) is 9.89 Å². The highest BCUT2D eigenvalue weighted by Gasteiger charge is 2.04. The molecule has 17 heavy (non-hydrogen) atoms. The molecule has 0 saturated carbocycles. The van der Waals surface area contributed by atoms with Gasteiger partial charge in [0.1, 0.15) is 0 Å². The van der Waals surface area contributed by atoms with E-state index in [9.17, 15) is 4.79 Å². The van der Waals surface area contributed by atoms with E-state index < -0.39 is 0 Å². The number of rotatable bonds is 8. The highest BCUT2D eigenvalue weighted by atomic mass is 16.1. The van der Waals surface area contributed by atoms with Gasteiger partial charge >= 0.3 is 0 Å². The minimum atomic E-state index is 0.0498. The summed E-state index contributed by atoms with van der Waals surface area (Å²) in [7, 11) is 0. The van der Waals surface area contributed by atoms with Crippen LogP contribution in [0.3, 0.4) is 0 Å². The number of hydrogen-bond donors (Lipinski definition) is 2. The van der Waals surface area contributed by atoms with Crippen LogP contribution in [0.5, 0.6) is 0 Å². The Morgan fingerprint density at radius 1 is 1.47 bits per heavy atom. The summed E-state index contributed by atoms with van der Waals surface area (Å²) in [5.74, 6) is 0.0498. The van der Waals surface area contributed by atoms with Crippen molar-refractivity contribution in [3.63, 3.8) is 0 Å². The Hall–Kier alpha value is -1.36. The second kappa shape index (κ2) is 7.84. The summed E-state index contributed by atoms with van der Waals surface area (Å²) in [6.07, 6.45) is 3.03. The number of nitrogens with one attached hydrogen (secondary N) is 2. The zero-order chi connectivity index (χ0) is 12.5. The van der Waals surface area contributed by atoms with Gasteiger partial charge in [-0.1, -0.05) is 13.8 Å². The molecule has 5 heteroatoms. The fraction of sp³-hybridized carbons (Fsp3) is 0.667. The molecule has 0 aromatic carbocycles. The van der Waals surface area contributed by atoms with Crippen molar-refractivity contribution in [2.45, 2.75) is 26.7 Å². The van der Waals surface area contributed by atoms with Gasteiger partial charge in [0, 0.05) is 18.4 Å². The van der Waals surface area contributed by atoms with Gasteiger partial charge in [0.05, 0.1) is 6.42 Å². The van der Waals surface area contributed by atoms with Crippen molar-refractivity contribution in [1.82, 2.24) is 20.4 Å². The van der Waals surface area contributed by atoms with Crippen molar-refractivity contribution in [2.75, 3.05) is 26.2 Å². The summed E-state index contributed by atoms with van der Waals surface area (Å²) in [6.45, 7) is 8.22. The van der Waals surface area contributed by atoms with Gasteiger partial charge in [-0.2, -0.15) is 5.10 Å². The Labute approximate surface area is 103 Å². The Morgan fingerprint density at radius 2 is 2.24 bits per heavy atom. The van der Waals surface area contributed by atoms with E-state index in [0.29, 0.717) is 6.42 Å². The van der Waals surface area contributed by atoms with Crippen LogP contribution >= 0.6 is 0 Å². The summed E-state index contributed by atoms with van der Waals surface area (Å²) in [5, 5.41) is 9.49. The van der Waals surface area contributed by atoms with Crippen LogP contribution in [0.2, 0.25) is 0 Å². The van der Waals surface area contributed by atoms with E-state index in [0.717, 1.165) is 38.3 Å². The van der Waals surface area contributed by atoms with Crippen LogP contribution in [-0.4, -0.2) is 47.2 Å². The molecule has 0 atom stereocenters. The molecule has 1 aromatic heterocycles. The number of aromatic amines is 1. The number of carbonyl (C=O) groups is 1. The van der Waals surface area contributed by atoms with Gasteiger partial charge < -0.3 is 10.2 Å². The number of aromatic nitrogens is 2. The fourth-order valence-corrected chi connectivity index (χ4v) is 1.69. The molecular formula is C12H22N4O. The first kappa shape index (κ1) is 13.7. The van der Waals surface area contributed by atoms with Gasteiger partial charge in [0.15, 0.2) is 0 Å². The summed E-state index contributed by atoms with van der Waals surface area (Å²) in [5.41, 5.74) is 0.853.